The smallest absolute Gasteiger partial charge is 0.229 e. The molecule has 5 rings (SSSR count). The summed E-state index contributed by atoms with van der Waals surface area (Å²) in [5, 5.41) is 19.0. The zero-order valence-electron chi connectivity index (χ0n) is 20.1. The topological polar surface area (TPSA) is 115 Å². The van der Waals surface area contributed by atoms with Crippen molar-refractivity contribution in [1.82, 2.24) is 20.2 Å². The van der Waals surface area contributed by atoms with Crippen molar-refractivity contribution in [2.45, 2.75) is 26.3 Å². The summed E-state index contributed by atoms with van der Waals surface area (Å²) in [6, 6.07) is 15.9. The molecule has 2 aliphatic rings. The minimum Gasteiger partial charge on any atom is -0.492 e. The first kappa shape index (κ1) is 25.7. The van der Waals surface area contributed by atoms with Crippen LogP contribution >= 0.6 is 22.6 Å². The van der Waals surface area contributed by atoms with Gasteiger partial charge in [0, 0.05) is 37.4 Å². The highest BCUT2D eigenvalue weighted by molar-refractivity contribution is 14.1. The van der Waals surface area contributed by atoms with Crippen molar-refractivity contribution >= 4 is 51.6 Å². The van der Waals surface area contributed by atoms with Crippen LogP contribution in [0.2, 0.25) is 0 Å². The van der Waals surface area contributed by atoms with Crippen LogP contribution in [0.15, 0.2) is 48.7 Å². The van der Waals surface area contributed by atoms with E-state index in [0.29, 0.717) is 50.0 Å². The second-order valence-electron chi connectivity index (χ2n) is 8.33. The van der Waals surface area contributed by atoms with Gasteiger partial charge >= 0.3 is 0 Å². The van der Waals surface area contributed by atoms with Crippen molar-refractivity contribution in [3.8, 4) is 11.8 Å². The number of nitriles is 1. The second-order valence-corrected chi connectivity index (χ2v) is 9.50. The lowest BCUT2D eigenvalue weighted by molar-refractivity contribution is -0.121. The third-order valence-corrected chi connectivity index (χ3v) is 6.54. The molecule has 0 unspecified atom stereocenters. The van der Waals surface area contributed by atoms with E-state index in [-0.39, 0.29) is 5.91 Å². The summed E-state index contributed by atoms with van der Waals surface area (Å²) >= 11 is 2.22. The number of aromatic nitrogens is 2. The van der Waals surface area contributed by atoms with E-state index in [0.717, 1.165) is 39.2 Å². The van der Waals surface area contributed by atoms with Crippen molar-refractivity contribution in [3.05, 3.63) is 63.4 Å². The standard InChI is InChI=1S/C26H28IN7O2/c1-2-34-11-9-24(35)29-10-4-12-36-23-8-7-21(14-22(23)27)32-26-30-16-19(15-28)25(33-26)31-20-6-3-5-18(13-20)17-34/h3,5-8,13-14,16H,2,4,9-12,17H2,1H3,(H,29,35)(H2,30,31,32,33). The molecule has 0 fully saturated rings. The van der Waals surface area contributed by atoms with E-state index in [1.54, 1.807) is 0 Å². The first-order chi connectivity index (χ1) is 17.5. The SMILES string of the molecule is CCN1CCC(=O)NCCCOc2ccc(cc2I)Nc2ncc(C#N)c(n2)Nc2cccc(c2)C1. The van der Waals surface area contributed by atoms with E-state index in [1.807, 2.05) is 36.4 Å². The number of fused-ring (bicyclic) bond motifs is 11. The van der Waals surface area contributed by atoms with Crippen LogP contribution in [0, 0.1) is 14.9 Å². The number of nitrogens with zero attached hydrogens (tertiary/aromatic N) is 4. The number of ether oxygens (including phenoxy) is 1. The molecule has 36 heavy (non-hydrogen) atoms. The highest BCUT2D eigenvalue weighted by atomic mass is 127. The van der Waals surface area contributed by atoms with Gasteiger partial charge in [-0.25, -0.2) is 4.98 Å². The van der Waals surface area contributed by atoms with Crippen LogP contribution < -0.4 is 20.7 Å². The average molecular weight is 597 g/mol. The van der Waals surface area contributed by atoms with E-state index in [1.165, 1.54) is 6.20 Å². The van der Waals surface area contributed by atoms with E-state index >= 15 is 0 Å². The van der Waals surface area contributed by atoms with Gasteiger partial charge in [-0.3, -0.25) is 9.69 Å². The molecule has 0 spiro atoms. The maximum atomic E-state index is 12.3. The molecule has 0 saturated carbocycles. The van der Waals surface area contributed by atoms with Crippen LogP contribution in [-0.4, -0.2) is 47.0 Å². The Morgan fingerprint density at radius 3 is 2.86 bits per heavy atom. The molecular formula is C26H28IN7O2. The van der Waals surface area contributed by atoms with Gasteiger partial charge in [-0.15, -0.1) is 0 Å². The Morgan fingerprint density at radius 2 is 2.06 bits per heavy atom. The number of carbonyl (C=O) groups excluding carboxylic acids is 1. The Kier molecular flexibility index (Phi) is 8.91. The molecule has 10 heteroatoms. The Morgan fingerprint density at radius 1 is 1.19 bits per heavy atom. The maximum Gasteiger partial charge on any atom is 0.229 e. The van der Waals surface area contributed by atoms with E-state index in [2.05, 4.69) is 72.5 Å². The molecule has 3 N–H and O–H groups in total. The monoisotopic (exact) mass is 597 g/mol. The van der Waals surface area contributed by atoms with Gasteiger partial charge in [0.05, 0.1) is 16.4 Å². The van der Waals surface area contributed by atoms with Gasteiger partial charge in [0.15, 0.2) is 5.82 Å². The molecule has 0 radical (unpaired) electrons. The summed E-state index contributed by atoms with van der Waals surface area (Å²) in [4.78, 5) is 23.4. The first-order valence-electron chi connectivity index (χ1n) is 11.9. The van der Waals surface area contributed by atoms with Crippen LogP contribution in [0.3, 0.4) is 0 Å². The van der Waals surface area contributed by atoms with E-state index in [9.17, 15) is 10.1 Å². The Labute approximate surface area is 224 Å². The second kappa shape index (κ2) is 12.5. The summed E-state index contributed by atoms with van der Waals surface area (Å²) in [6.07, 6.45) is 2.67. The van der Waals surface area contributed by atoms with Crippen LogP contribution in [-0.2, 0) is 11.3 Å². The predicted octanol–water partition coefficient (Wildman–Crippen LogP) is 4.55. The summed E-state index contributed by atoms with van der Waals surface area (Å²) in [7, 11) is 0. The summed E-state index contributed by atoms with van der Waals surface area (Å²) in [5.41, 5.74) is 3.07. The van der Waals surface area contributed by atoms with Gasteiger partial charge in [-0.2, -0.15) is 10.2 Å². The van der Waals surface area contributed by atoms with Crippen LogP contribution in [0.5, 0.6) is 5.75 Å². The van der Waals surface area contributed by atoms with Crippen molar-refractivity contribution in [3.63, 3.8) is 0 Å². The summed E-state index contributed by atoms with van der Waals surface area (Å²) in [5.74, 6) is 1.62. The van der Waals surface area contributed by atoms with Crippen LogP contribution in [0.25, 0.3) is 0 Å². The lowest BCUT2D eigenvalue weighted by atomic mass is 10.1. The van der Waals surface area contributed by atoms with E-state index in [4.69, 9.17) is 4.74 Å². The number of hydrogen-bond acceptors (Lipinski definition) is 8. The van der Waals surface area contributed by atoms with Crippen LogP contribution in [0.4, 0.5) is 23.1 Å². The number of benzene rings is 2. The number of rotatable bonds is 1. The Balaban J connectivity index is 1.62. The van der Waals surface area contributed by atoms with E-state index < -0.39 is 0 Å². The Hall–Kier alpha value is -3.43. The molecule has 1 aromatic heterocycles. The fourth-order valence-corrected chi connectivity index (χ4v) is 4.44. The van der Waals surface area contributed by atoms with Gasteiger partial charge in [0.1, 0.15) is 17.4 Å². The summed E-state index contributed by atoms with van der Waals surface area (Å²) < 4.78 is 6.83. The lowest BCUT2D eigenvalue weighted by Crippen LogP contribution is -2.31. The molecule has 0 saturated heterocycles. The number of hydrogen-bond donors (Lipinski definition) is 3. The molecule has 9 nitrogen and oxygen atoms in total. The zero-order chi connectivity index (χ0) is 25.3. The average Bonchev–Trinajstić information content (AvgIpc) is 2.87. The lowest BCUT2D eigenvalue weighted by Gasteiger charge is -2.21. The molecule has 3 aromatic rings. The molecule has 1 amide bonds. The molecule has 2 aromatic carbocycles. The molecule has 0 aliphatic carbocycles. The normalized spacial score (nSPS) is 15.2. The van der Waals surface area contributed by atoms with Gasteiger partial charge in [-0.1, -0.05) is 19.1 Å². The molecule has 3 heterocycles. The minimum absolute atomic E-state index is 0.0413. The molecule has 2 aliphatic heterocycles. The predicted molar refractivity (Wildman–Crippen MR) is 148 cm³/mol. The Bertz CT molecular complexity index is 1260. The highest BCUT2D eigenvalue weighted by Crippen LogP contribution is 2.27. The molecule has 186 valence electrons. The van der Waals surface area contributed by atoms with Crippen molar-refractivity contribution in [2.75, 3.05) is 36.9 Å². The number of amides is 1. The number of halogens is 1. The number of carbonyl (C=O) groups is 1. The van der Waals surface area contributed by atoms with Gasteiger partial charge < -0.3 is 20.7 Å². The first-order valence-corrected chi connectivity index (χ1v) is 12.9. The quantitative estimate of drug-likeness (QED) is 0.350. The fourth-order valence-electron chi connectivity index (χ4n) is 3.77. The van der Waals surface area contributed by atoms with Gasteiger partial charge in [0.25, 0.3) is 0 Å². The number of nitrogens with one attached hydrogen (secondary N) is 3. The third kappa shape index (κ3) is 7.05. The summed E-state index contributed by atoms with van der Waals surface area (Å²) in [6.45, 7) is 5.38. The van der Waals surface area contributed by atoms with Gasteiger partial charge in [0.2, 0.25) is 11.9 Å². The third-order valence-electron chi connectivity index (χ3n) is 5.70. The molecular weight excluding hydrogens is 569 g/mol. The molecule has 6 bridgehead atoms. The van der Waals surface area contributed by atoms with Crippen molar-refractivity contribution < 1.29 is 9.53 Å². The molecule has 0 atom stereocenters. The van der Waals surface area contributed by atoms with Gasteiger partial charge in [-0.05, 0) is 71.5 Å². The van der Waals surface area contributed by atoms with Crippen molar-refractivity contribution in [2.24, 2.45) is 0 Å². The highest BCUT2D eigenvalue weighted by Gasteiger charge is 2.12. The van der Waals surface area contributed by atoms with Crippen LogP contribution in [0.1, 0.15) is 30.9 Å². The zero-order valence-corrected chi connectivity index (χ0v) is 22.2. The van der Waals surface area contributed by atoms with Crippen molar-refractivity contribution in [1.29, 1.82) is 5.26 Å². The maximum absolute atomic E-state index is 12.3. The number of anilines is 4. The minimum atomic E-state index is 0.0413. The largest absolute Gasteiger partial charge is 0.492 e. The fraction of sp³-hybridized carbons (Fsp3) is 0.308.